The van der Waals surface area contributed by atoms with Gasteiger partial charge in [-0.25, -0.2) is 0 Å². The van der Waals surface area contributed by atoms with Crippen molar-refractivity contribution in [2.24, 2.45) is 5.92 Å². The number of nitrogens with zero attached hydrogens (tertiary/aromatic N) is 2. The van der Waals surface area contributed by atoms with Crippen molar-refractivity contribution in [2.75, 3.05) is 11.4 Å². The molecule has 20 heavy (non-hydrogen) atoms. The van der Waals surface area contributed by atoms with Crippen LogP contribution >= 0.6 is 0 Å². The van der Waals surface area contributed by atoms with Crippen molar-refractivity contribution in [1.29, 1.82) is 5.26 Å². The van der Waals surface area contributed by atoms with Gasteiger partial charge in [-0.2, -0.15) is 5.26 Å². The van der Waals surface area contributed by atoms with Gasteiger partial charge >= 0.3 is 0 Å². The zero-order valence-corrected chi connectivity index (χ0v) is 11.7. The molecule has 1 aromatic carbocycles. The summed E-state index contributed by atoms with van der Waals surface area (Å²) in [6.07, 6.45) is 5.77. The SMILES string of the molecule is N#CCc1ccc(N2CCC(=O)C3CCCC[C@@H]32)cc1. The van der Waals surface area contributed by atoms with Crippen molar-refractivity contribution in [2.45, 2.75) is 44.6 Å². The summed E-state index contributed by atoms with van der Waals surface area (Å²) in [7, 11) is 0. The van der Waals surface area contributed by atoms with Crippen LogP contribution in [0.15, 0.2) is 24.3 Å². The molecule has 0 aromatic heterocycles. The Kier molecular flexibility index (Phi) is 3.73. The van der Waals surface area contributed by atoms with Crippen LogP contribution in [0.1, 0.15) is 37.7 Å². The van der Waals surface area contributed by atoms with E-state index in [0.29, 0.717) is 24.7 Å². The zero-order valence-electron chi connectivity index (χ0n) is 11.7. The van der Waals surface area contributed by atoms with Crippen LogP contribution in [0.3, 0.4) is 0 Å². The minimum Gasteiger partial charge on any atom is -0.367 e. The molecule has 1 aliphatic heterocycles. The minimum absolute atomic E-state index is 0.247. The number of benzene rings is 1. The number of anilines is 1. The van der Waals surface area contributed by atoms with Gasteiger partial charge in [0.1, 0.15) is 5.78 Å². The van der Waals surface area contributed by atoms with Gasteiger partial charge in [0.2, 0.25) is 0 Å². The van der Waals surface area contributed by atoms with Crippen LogP contribution in [0.25, 0.3) is 0 Å². The Hall–Kier alpha value is -1.82. The summed E-state index contributed by atoms with van der Waals surface area (Å²) in [5, 5.41) is 8.72. The lowest BCUT2D eigenvalue weighted by atomic mass is 9.77. The van der Waals surface area contributed by atoms with E-state index in [1.165, 1.54) is 18.5 Å². The smallest absolute Gasteiger partial charge is 0.139 e. The van der Waals surface area contributed by atoms with Crippen molar-refractivity contribution in [1.82, 2.24) is 0 Å². The van der Waals surface area contributed by atoms with E-state index >= 15 is 0 Å². The summed E-state index contributed by atoms with van der Waals surface area (Å²) in [5.41, 5.74) is 2.26. The Morgan fingerprint density at radius 3 is 2.70 bits per heavy atom. The number of fused-ring (bicyclic) bond motifs is 1. The van der Waals surface area contributed by atoms with Crippen molar-refractivity contribution in [3.05, 3.63) is 29.8 Å². The van der Waals surface area contributed by atoms with E-state index in [9.17, 15) is 4.79 Å². The maximum atomic E-state index is 12.1. The second-order valence-electron chi connectivity index (χ2n) is 5.87. The highest BCUT2D eigenvalue weighted by atomic mass is 16.1. The van der Waals surface area contributed by atoms with Gasteiger partial charge in [0, 0.05) is 30.6 Å². The molecule has 104 valence electrons. The molecule has 0 bridgehead atoms. The first-order valence-corrected chi connectivity index (χ1v) is 7.55. The molecular weight excluding hydrogens is 248 g/mol. The topological polar surface area (TPSA) is 44.1 Å². The number of nitriles is 1. The third-order valence-electron chi connectivity index (χ3n) is 4.69. The second kappa shape index (κ2) is 5.66. The molecule has 1 heterocycles. The summed E-state index contributed by atoms with van der Waals surface area (Å²) in [6, 6.07) is 10.9. The van der Waals surface area contributed by atoms with E-state index in [1.807, 2.05) is 12.1 Å². The fraction of sp³-hybridized carbons (Fsp3) is 0.529. The molecule has 3 rings (SSSR count). The molecule has 1 aromatic rings. The second-order valence-corrected chi connectivity index (χ2v) is 5.87. The molecule has 1 unspecified atom stereocenters. The highest BCUT2D eigenvalue weighted by Gasteiger charge is 2.38. The molecule has 2 fully saturated rings. The molecule has 0 amide bonds. The van der Waals surface area contributed by atoms with Gasteiger partial charge in [0.15, 0.2) is 0 Å². The van der Waals surface area contributed by atoms with Crippen LogP contribution in [0, 0.1) is 17.2 Å². The lowest BCUT2D eigenvalue weighted by molar-refractivity contribution is -0.125. The molecule has 1 saturated heterocycles. The third kappa shape index (κ3) is 2.43. The Bertz CT molecular complexity index is 529. The largest absolute Gasteiger partial charge is 0.367 e. The number of carbonyl (C=O) groups is 1. The van der Waals surface area contributed by atoms with Gasteiger partial charge < -0.3 is 4.90 Å². The number of rotatable bonds is 2. The number of hydrogen-bond acceptors (Lipinski definition) is 3. The molecule has 0 N–H and O–H groups in total. The normalized spacial score (nSPS) is 25.9. The van der Waals surface area contributed by atoms with E-state index in [0.717, 1.165) is 24.9 Å². The Balaban J connectivity index is 1.81. The average molecular weight is 268 g/mol. The fourth-order valence-electron chi connectivity index (χ4n) is 3.66. The zero-order chi connectivity index (χ0) is 13.9. The molecule has 3 heteroatoms. The van der Waals surface area contributed by atoms with E-state index in [4.69, 9.17) is 5.26 Å². The predicted molar refractivity (Wildman–Crippen MR) is 78.5 cm³/mol. The van der Waals surface area contributed by atoms with E-state index in [-0.39, 0.29) is 5.92 Å². The molecule has 0 radical (unpaired) electrons. The van der Waals surface area contributed by atoms with E-state index in [1.54, 1.807) is 0 Å². The summed E-state index contributed by atoms with van der Waals surface area (Å²) < 4.78 is 0. The van der Waals surface area contributed by atoms with Gasteiger partial charge in [0.25, 0.3) is 0 Å². The lowest BCUT2D eigenvalue weighted by Gasteiger charge is -2.44. The third-order valence-corrected chi connectivity index (χ3v) is 4.69. The maximum absolute atomic E-state index is 12.1. The summed E-state index contributed by atoms with van der Waals surface area (Å²) in [5.74, 6) is 0.711. The van der Waals surface area contributed by atoms with Crippen LogP contribution in [0.5, 0.6) is 0 Å². The molecule has 1 saturated carbocycles. The monoisotopic (exact) mass is 268 g/mol. The quantitative estimate of drug-likeness (QED) is 0.828. The Morgan fingerprint density at radius 1 is 1.20 bits per heavy atom. The van der Waals surface area contributed by atoms with Crippen LogP contribution in [0.4, 0.5) is 5.69 Å². The first kappa shape index (κ1) is 13.2. The molecule has 3 nitrogen and oxygen atoms in total. The van der Waals surface area contributed by atoms with Crippen molar-refractivity contribution < 1.29 is 4.79 Å². The van der Waals surface area contributed by atoms with Crippen LogP contribution in [-0.4, -0.2) is 18.4 Å². The first-order chi connectivity index (χ1) is 9.79. The minimum atomic E-state index is 0.247. The van der Waals surface area contributed by atoms with Gasteiger partial charge in [-0.3, -0.25) is 4.79 Å². The average Bonchev–Trinajstić information content (AvgIpc) is 2.49. The van der Waals surface area contributed by atoms with Crippen LogP contribution in [-0.2, 0) is 11.2 Å². The summed E-state index contributed by atoms with van der Waals surface area (Å²) in [4.78, 5) is 14.5. The maximum Gasteiger partial charge on any atom is 0.139 e. The van der Waals surface area contributed by atoms with Crippen LogP contribution in [0.2, 0.25) is 0 Å². The van der Waals surface area contributed by atoms with Crippen molar-refractivity contribution >= 4 is 11.5 Å². The van der Waals surface area contributed by atoms with Crippen molar-refractivity contribution in [3.8, 4) is 6.07 Å². The number of piperidine rings is 1. The lowest BCUT2D eigenvalue weighted by Crippen LogP contribution is -2.51. The molecule has 2 atom stereocenters. The summed E-state index contributed by atoms with van der Waals surface area (Å²) >= 11 is 0. The highest BCUT2D eigenvalue weighted by molar-refractivity contribution is 5.84. The van der Waals surface area contributed by atoms with Gasteiger partial charge in [-0.15, -0.1) is 0 Å². The van der Waals surface area contributed by atoms with E-state index < -0.39 is 0 Å². The summed E-state index contributed by atoms with van der Waals surface area (Å²) in [6.45, 7) is 0.845. The van der Waals surface area contributed by atoms with E-state index in [2.05, 4.69) is 23.1 Å². The molecule has 0 spiro atoms. The predicted octanol–water partition coefficient (Wildman–Crippen LogP) is 3.09. The van der Waals surface area contributed by atoms with Crippen LogP contribution < -0.4 is 4.90 Å². The number of ketones is 1. The number of Topliss-reactive ketones (excluding diaryl/α,β-unsaturated/α-hetero) is 1. The number of carbonyl (C=O) groups excluding carboxylic acids is 1. The van der Waals surface area contributed by atoms with Gasteiger partial charge in [-0.1, -0.05) is 25.0 Å². The molecule has 2 aliphatic rings. The van der Waals surface area contributed by atoms with Gasteiger partial charge in [-0.05, 0) is 30.5 Å². The Labute approximate surface area is 120 Å². The van der Waals surface area contributed by atoms with Crippen molar-refractivity contribution in [3.63, 3.8) is 0 Å². The number of hydrogen-bond donors (Lipinski definition) is 0. The molecule has 1 aliphatic carbocycles. The molecular formula is C17H20N2O. The highest BCUT2D eigenvalue weighted by Crippen LogP contribution is 2.36. The Morgan fingerprint density at radius 2 is 1.95 bits per heavy atom. The fourth-order valence-corrected chi connectivity index (χ4v) is 3.66. The first-order valence-electron chi connectivity index (χ1n) is 7.55. The van der Waals surface area contributed by atoms with Gasteiger partial charge in [0.05, 0.1) is 12.5 Å². The standard InChI is InChI=1S/C17H20N2O/c18-11-9-13-5-7-14(8-6-13)19-12-10-17(20)15-3-1-2-4-16(15)19/h5-8,15-16H,1-4,9-10,12H2/t15?,16-/m0/s1.